The van der Waals surface area contributed by atoms with Gasteiger partial charge in [-0.1, -0.05) is 0 Å². The number of fused-ring (bicyclic) bond motifs is 1. The van der Waals surface area contributed by atoms with E-state index in [0.717, 1.165) is 0 Å². The zero-order valence-electron chi connectivity index (χ0n) is 16.5. The van der Waals surface area contributed by atoms with Crippen LogP contribution in [0, 0.1) is 0 Å². The number of rotatable bonds is 4. The Morgan fingerprint density at radius 1 is 0.400 bits per heavy atom. The van der Waals surface area contributed by atoms with Crippen LogP contribution in [0.5, 0.6) is 0 Å². The number of halogens is 1. The first-order chi connectivity index (χ1) is 14.7. The summed E-state index contributed by atoms with van der Waals surface area (Å²) in [6.07, 6.45) is 0. The van der Waals surface area contributed by atoms with Gasteiger partial charge in [0.2, 0.25) is 0 Å². The first-order valence-electron chi connectivity index (χ1n) is 10.1. The quantitative estimate of drug-likeness (QED) is 0.271. The van der Waals surface area contributed by atoms with E-state index in [9.17, 15) is 0 Å². The Labute approximate surface area is 185 Å². The molecule has 30 heavy (non-hydrogen) atoms. The Morgan fingerprint density at radius 3 is 1.30 bits per heavy atom. The van der Waals surface area contributed by atoms with Crippen LogP contribution in [0.4, 0.5) is 0 Å². The average Bonchev–Trinajstić information content (AvgIpc) is 2.85. The summed E-state index contributed by atoms with van der Waals surface area (Å²) in [5, 5.41) is 4.61. The molecule has 0 saturated heterocycles. The van der Waals surface area contributed by atoms with Crippen LogP contribution in [0.1, 0.15) is 0 Å². The molecule has 0 heterocycles. The minimum absolute atomic E-state index is 1.26. The van der Waals surface area contributed by atoms with Crippen LogP contribution in [0.15, 0.2) is 133 Å². The van der Waals surface area contributed by atoms with Gasteiger partial charge in [0.25, 0.3) is 0 Å². The van der Waals surface area contributed by atoms with Gasteiger partial charge in [-0.05, 0) is 0 Å². The van der Waals surface area contributed by atoms with Gasteiger partial charge in [0.05, 0.1) is 0 Å². The van der Waals surface area contributed by atoms with E-state index in [1.807, 2.05) is 0 Å². The molecule has 0 atom stereocenters. The second kappa shape index (κ2) is 7.51. The molecule has 5 rings (SSSR count). The Kier molecular flexibility index (Phi) is 4.82. The fourth-order valence-electron chi connectivity index (χ4n) is 4.56. The van der Waals surface area contributed by atoms with Crippen LogP contribution in [0.3, 0.4) is 0 Å². The standard InChI is InChI=1S/C28H22BrP/c29-30(24-15-4-1-5-16-24,25-17-6-2-7-18-25,26-19-8-3-9-20-26)28-22-12-14-23-13-10-11-21-27(23)28/h1-22H. The average molecular weight is 469 g/mol. The third kappa shape index (κ3) is 2.70. The van der Waals surface area contributed by atoms with Crippen molar-refractivity contribution in [3.63, 3.8) is 0 Å². The fraction of sp³-hybridized carbons (Fsp3) is 0. The molecule has 0 spiro atoms. The third-order valence-electron chi connectivity index (χ3n) is 5.94. The van der Waals surface area contributed by atoms with Gasteiger partial charge < -0.3 is 0 Å². The molecule has 0 bridgehead atoms. The summed E-state index contributed by atoms with van der Waals surface area (Å²) in [4.78, 5) is 0. The molecule has 5 aromatic carbocycles. The maximum atomic E-state index is 4.58. The molecule has 0 radical (unpaired) electrons. The molecular weight excluding hydrogens is 447 g/mol. The Hall–Kier alpha value is -2.73. The van der Waals surface area contributed by atoms with Crippen LogP contribution in [0.2, 0.25) is 0 Å². The summed E-state index contributed by atoms with van der Waals surface area (Å²) in [6.45, 7) is 0. The van der Waals surface area contributed by atoms with E-state index in [0.29, 0.717) is 0 Å². The molecular formula is C28H22BrP. The van der Waals surface area contributed by atoms with Gasteiger partial charge in [-0.2, -0.15) is 0 Å². The van der Waals surface area contributed by atoms with Crippen LogP contribution in [0.25, 0.3) is 10.8 Å². The molecule has 0 unspecified atom stereocenters. The second-order valence-electron chi connectivity index (χ2n) is 7.51. The predicted molar refractivity (Wildman–Crippen MR) is 138 cm³/mol. The Bertz CT molecular complexity index is 1190. The summed E-state index contributed by atoms with van der Waals surface area (Å²) in [5.41, 5.74) is 0. The van der Waals surface area contributed by atoms with E-state index in [-0.39, 0.29) is 0 Å². The number of hydrogen-bond donors (Lipinski definition) is 0. The Morgan fingerprint density at radius 2 is 0.800 bits per heavy atom. The normalized spacial score (nSPS) is 12.9. The van der Waals surface area contributed by atoms with Gasteiger partial charge in [-0.3, -0.25) is 0 Å². The summed E-state index contributed by atoms with van der Waals surface area (Å²) >= 11 is 4.58. The van der Waals surface area contributed by atoms with E-state index in [2.05, 4.69) is 149 Å². The minimum atomic E-state index is -3.18. The molecule has 0 saturated carbocycles. The van der Waals surface area contributed by atoms with E-state index in [1.165, 1.54) is 32.0 Å². The van der Waals surface area contributed by atoms with Crippen LogP contribution in [-0.2, 0) is 0 Å². The van der Waals surface area contributed by atoms with E-state index in [4.69, 9.17) is 0 Å². The number of benzene rings is 5. The zero-order valence-corrected chi connectivity index (χ0v) is 19.0. The van der Waals surface area contributed by atoms with Gasteiger partial charge in [-0.15, -0.1) is 0 Å². The van der Waals surface area contributed by atoms with E-state index in [1.54, 1.807) is 0 Å². The molecule has 0 amide bonds. The van der Waals surface area contributed by atoms with E-state index < -0.39 is 5.31 Å². The molecule has 0 aliphatic carbocycles. The van der Waals surface area contributed by atoms with Crippen molar-refractivity contribution in [1.82, 2.24) is 0 Å². The van der Waals surface area contributed by atoms with Crippen molar-refractivity contribution in [3.05, 3.63) is 133 Å². The predicted octanol–water partition coefficient (Wildman–Crippen LogP) is 6.30. The molecule has 0 N–H and O–H groups in total. The van der Waals surface area contributed by atoms with Crippen LogP contribution in [-0.4, -0.2) is 0 Å². The van der Waals surface area contributed by atoms with Crippen LogP contribution < -0.4 is 21.2 Å². The zero-order chi connectivity index (χ0) is 20.5. The SMILES string of the molecule is BrP(c1ccccc1)(c1ccccc1)(c1ccccc1)c1cccc2ccccc12. The van der Waals surface area contributed by atoms with Crippen molar-refractivity contribution in [2.75, 3.05) is 0 Å². The number of hydrogen-bond acceptors (Lipinski definition) is 0. The first kappa shape index (κ1) is 19.2. The topological polar surface area (TPSA) is 0 Å². The summed E-state index contributed by atoms with van der Waals surface area (Å²) in [5.74, 6) is 0. The molecule has 146 valence electrons. The van der Waals surface area contributed by atoms with Gasteiger partial charge in [0.15, 0.2) is 0 Å². The van der Waals surface area contributed by atoms with Crippen molar-refractivity contribution >= 4 is 52.8 Å². The van der Waals surface area contributed by atoms with Gasteiger partial charge in [0.1, 0.15) is 0 Å². The summed E-state index contributed by atoms with van der Waals surface area (Å²) < 4.78 is 0. The van der Waals surface area contributed by atoms with Gasteiger partial charge >= 0.3 is 186 Å². The van der Waals surface area contributed by atoms with Crippen molar-refractivity contribution < 1.29 is 0 Å². The van der Waals surface area contributed by atoms with Crippen molar-refractivity contribution in [3.8, 4) is 0 Å². The van der Waals surface area contributed by atoms with Crippen molar-refractivity contribution in [2.45, 2.75) is 0 Å². The molecule has 2 heteroatoms. The maximum absolute atomic E-state index is 4.58. The molecule has 0 aliphatic heterocycles. The van der Waals surface area contributed by atoms with Gasteiger partial charge in [-0.25, -0.2) is 0 Å². The monoisotopic (exact) mass is 468 g/mol. The Balaban J connectivity index is 2.07. The third-order valence-corrected chi connectivity index (χ3v) is 15.9. The molecule has 0 fully saturated rings. The van der Waals surface area contributed by atoms with Crippen molar-refractivity contribution in [2.24, 2.45) is 0 Å². The molecule has 0 aliphatic rings. The first-order valence-corrected chi connectivity index (χ1v) is 14.4. The summed E-state index contributed by atoms with van der Waals surface area (Å²) in [6, 6.07) is 48.2. The summed E-state index contributed by atoms with van der Waals surface area (Å²) in [7, 11) is 0. The molecule has 0 aromatic heterocycles. The molecule has 5 aromatic rings. The fourth-order valence-corrected chi connectivity index (χ4v) is 12.6. The van der Waals surface area contributed by atoms with Gasteiger partial charge in [0, 0.05) is 0 Å². The van der Waals surface area contributed by atoms with E-state index >= 15 is 0 Å². The molecule has 0 nitrogen and oxygen atoms in total. The van der Waals surface area contributed by atoms with Crippen LogP contribution >= 0.6 is 20.8 Å². The second-order valence-corrected chi connectivity index (χ2v) is 15.8. The van der Waals surface area contributed by atoms with Crippen molar-refractivity contribution in [1.29, 1.82) is 0 Å².